The van der Waals surface area contributed by atoms with Gasteiger partial charge in [0.05, 0.1) is 39.2 Å². The maximum atomic E-state index is 5.54. The lowest BCUT2D eigenvalue weighted by molar-refractivity contribution is 0.00729. The molecule has 8 nitrogen and oxygen atoms in total. The Kier molecular flexibility index (Phi) is 6.64. The van der Waals surface area contributed by atoms with Crippen molar-refractivity contribution in [2.24, 2.45) is 0 Å². The largest absolute Gasteiger partial charge is 0.379 e. The van der Waals surface area contributed by atoms with E-state index in [-0.39, 0.29) is 0 Å². The standard InChI is InChI=1S/C26H36N6O2/c1-3-23(31-9-13-34-14-10-31)4-2-20(1)21-15-24-25(18-28-26(24)27-16-21)22-17-29-32(19-22)6-5-30-7-11-33-12-8-30/h15-20,23H,1-14H2,(H,27,28)/t20-,23-. The molecule has 6 rings (SSSR count). The summed E-state index contributed by atoms with van der Waals surface area (Å²) in [4.78, 5) is 13.2. The van der Waals surface area contributed by atoms with Gasteiger partial charge in [-0.3, -0.25) is 14.5 Å². The molecule has 0 radical (unpaired) electrons. The average molecular weight is 465 g/mol. The topological polar surface area (TPSA) is 71.4 Å². The predicted octanol–water partition coefficient (Wildman–Crippen LogP) is 3.12. The van der Waals surface area contributed by atoms with E-state index in [0.717, 1.165) is 82.9 Å². The van der Waals surface area contributed by atoms with Crippen LogP contribution in [0.3, 0.4) is 0 Å². The Balaban J connectivity index is 1.13. The molecule has 0 spiro atoms. The number of H-pyrrole nitrogens is 1. The minimum absolute atomic E-state index is 0.605. The zero-order chi connectivity index (χ0) is 22.7. The van der Waals surface area contributed by atoms with E-state index >= 15 is 0 Å². The highest BCUT2D eigenvalue weighted by molar-refractivity contribution is 5.93. The number of aromatic amines is 1. The van der Waals surface area contributed by atoms with Gasteiger partial charge in [0.2, 0.25) is 0 Å². The van der Waals surface area contributed by atoms with Crippen molar-refractivity contribution in [3.8, 4) is 11.1 Å². The lowest BCUT2D eigenvalue weighted by Crippen LogP contribution is -2.44. The second-order valence-corrected chi connectivity index (χ2v) is 9.97. The number of hydrogen-bond acceptors (Lipinski definition) is 6. The Hall–Kier alpha value is -2.26. The van der Waals surface area contributed by atoms with Crippen LogP contribution >= 0.6 is 0 Å². The first kappa shape index (κ1) is 22.2. The number of morpholine rings is 2. The van der Waals surface area contributed by atoms with Gasteiger partial charge in [0.15, 0.2) is 0 Å². The summed E-state index contributed by atoms with van der Waals surface area (Å²) in [6.45, 7) is 9.58. The predicted molar refractivity (Wildman–Crippen MR) is 132 cm³/mol. The highest BCUT2D eigenvalue weighted by Gasteiger charge is 2.28. The molecule has 8 heteroatoms. The van der Waals surface area contributed by atoms with Gasteiger partial charge in [0.25, 0.3) is 0 Å². The van der Waals surface area contributed by atoms with Crippen molar-refractivity contribution in [2.75, 3.05) is 59.2 Å². The number of nitrogens with zero attached hydrogens (tertiary/aromatic N) is 5. The number of pyridine rings is 1. The third-order valence-corrected chi connectivity index (χ3v) is 7.98. The lowest BCUT2D eigenvalue weighted by Gasteiger charge is -2.38. The summed E-state index contributed by atoms with van der Waals surface area (Å²) in [7, 11) is 0. The summed E-state index contributed by atoms with van der Waals surface area (Å²) < 4.78 is 13.1. The van der Waals surface area contributed by atoms with Crippen LogP contribution in [-0.2, 0) is 16.0 Å². The van der Waals surface area contributed by atoms with Crippen LogP contribution < -0.4 is 0 Å². The van der Waals surface area contributed by atoms with Crippen LogP contribution in [0.1, 0.15) is 37.2 Å². The van der Waals surface area contributed by atoms with Crippen LogP contribution in [0.4, 0.5) is 0 Å². The maximum absolute atomic E-state index is 5.54. The van der Waals surface area contributed by atoms with Crippen LogP contribution in [0.5, 0.6) is 0 Å². The monoisotopic (exact) mass is 464 g/mol. The first-order valence-corrected chi connectivity index (χ1v) is 13.0. The van der Waals surface area contributed by atoms with E-state index < -0.39 is 0 Å². The van der Waals surface area contributed by atoms with Crippen molar-refractivity contribution < 1.29 is 9.47 Å². The first-order chi connectivity index (χ1) is 16.8. The van der Waals surface area contributed by atoms with Gasteiger partial charge in [-0.15, -0.1) is 0 Å². The van der Waals surface area contributed by atoms with E-state index in [2.05, 4.69) is 49.2 Å². The molecular weight excluding hydrogens is 428 g/mol. The number of ether oxygens (including phenoxy) is 2. The third-order valence-electron chi connectivity index (χ3n) is 7.98. The molecule has 0 amide bonds. The molecule has 0 bridgehead atoms. The zero-order valence-electron chi connectivity index (χ0n) is 20.0. The molecule has 1 N–H and O–H groups in total. The molecule has 182 valence electrons. The smallest absolute Gasteiger partial charge is 0.137 e. The molecule has 3 aromatic heterocycles. The third kappa shape index (κ3) is 4.77. The number of nitrogens with one attached hydrogen (secondary N) is 1. The maximum Gasteiger partial charge on any atom is 0.137 e. The van der Waals surface area contributed by atoms with Crippen LogP contribution in [0.15, 0.2) is 30.9 Å². The summed E-state index contributed by atoms with van der Waals surface area (Å²) in [5.74, 6) is 0.605. The van der Waals surface area contributed by atoms with Crippen molar-refractivity contribution >= 4 is 11.0 Å². The van der Waals surface area contributed by atoms with Gasteiger partial charge in [0.1, 0.15) is 5.65 Å². The normalized spacial score (nSPS) is 25.2. The van der Waals surface area contributed by atoms with Crippen molar-refractivity contribution in [1.29, 1.82) is 0 Å². The van der Waals surface area contributed by atoms with E-state index in [1.54, 1.807) is 0 Å². The molecule has 3 fully saturated rings. The molecule has 34 heavy (non-hydrogen) atoms. The Labute approximate surface area is 201 Å². The van der Waals surface area contributed by atoms with Gasteiger partial charge in [0, 0.05) is 73.9 Å². The highest BCUT2D eigenvalue weighted by Crippen LogP contribution is 2.37. The van der Waals surface area contributed by atoms with E-state index in [9.17, 15) is 0 Å². The first-order valence-electron chi connectivity index (χ1n) is 13.0. The fourth-order valence-electron chi connectivity index (χ4n) is 5.89. The zero-order valence-corrected chi connectivity index (χ0v) is 20.0. The molecule has 2 saturated heterocycles. The molecule has 0 aromatic carbocycles. The van der Waals surface area contributed by atoms with Crippen molar-refractivity contribution in [3.63, 3.8) is 0 Å². The van der Waals surface area contributed by atoms with Gasteiger partial charge in [-0.05, 0) is 43.2 Å². The number of rotatable bonds is 6. The van der Waals surface area contributed by atoms with Crippen molar-refractivity contribution in [1.82, 2.24) is 29.5 Å². The molecule has 1 aliphatic carbocycles. The lowest BCUT2D eigenvalue weighted by atomic mass is 9.81. The minimum atomic E-state index is 0.605. The summed E-state index contributed by atoms with van der Waals surface area (Å²) in [6, 6.07) is 3.10. The second-order valence-electron chi connectivity index (χ2n) is 9.97. The Bertz CT molecular complexity index is 1070. The van der Waals surface area contributed by atoms with Crippen LogP contribution in [0.25, 0.3) is 22.2 Å². The Morgan fingerprint density at radius 2 is 1.68 bits per heavy atom. The molecule has 5 heterocycles. The average Bonchev–Trinajstić information content (AvgIpc) is 3.55. The molecule has 3 aromatic rings. The quantitative estimate of drug-likeness (QED) is 0.605. The SMILES string of the molecule is c1nn(CCN2CCOCC2)cc1-c1c[nH]c2ncc([C@H]3CC[C@H](N4CCOCC4)CC3)cc12. The number of aromatic nitrogens is 4. The fourth-order valence-corrected chi connectivity index (χ4v) is 5.89. The summed E-state index contributed by atoms with van der Waals surface area (Å²) in [6.07, 6.45) is 13.4. The highest BCUT2D eigenvalue weighted by atomic mass is 16.5. The van der Waals surface area contributed by atoms with E-state index in [1.807, 2.05) is 6.20 Å². The van der Waals surface area contributed by atoms with E-state index in [1.165, 1.54) is 42.2 Å². The summed E-state index contributed by atoms with van der Waals surface area (Å²) in [5.41, 5.74) is 4.70. The van der Waals surface area contributed by atoms with Gasteiger partial charge in [-0.1, -0.05) is 0 Å². The van der Waals surface area contributed by atoms with E-state index in [0.29, 0.717) is 5.92 Å². The van der Waals surface area contributed by atoms with Crippen LogP contribution in [0.2, 0.25) is 0 Å². The van der Waals surface area contributed by atoms with Gasteiger partial charge >= 0.3 is 0 Å². The second kappa shape index (κ2) is 10.2. The molecule has 2 aliphatic heterocycles. The Morgan fingerprint density at radius 1 is 0.912 bits per heavy atom. The van der Waals surface area contributed by atoms with E-state index in [4.69, 9.17) is 14.5 Å². The van der Waals surface area contributed by atoms with Gasteiger partial charge in [-0.25, -0.2) is 4.98 Å². The molecule has 3 aliphatic rings. The molecular formula is C26H36N6O2. The number of fused-ring (bicyclic) bond motifs is 1. The summed E-state index contributed by atoms with van der Waals surface area (Å²) in [5, 5.41) is 5.85. The number of hydrogen-bond donors (Lipinski definition) is 1. The van der Waals surface area contributed by atoms with Gasteiger partial charge in [-0.2, -0.15) is 5.10 Å². The fraction of sp³-hybridized carbons (Fsp3) is 0.615. The van der Waals surface area contributed by atoms with Crippen molar-refractivity contribution in [2.45, 2.75) is 44.2 Å². The van der Waals surface area contributed by atoms with Crippen LogP contribution in [-0.4, -0.2) is 94.7 Å². The van der Waals surface area contributed by atoms with Gasteiger partial charge < -0.3 is 14.5 Å². The molecule has 0 unspecified atom stereocenters. The minimum Gasteiger partial charge on any atom is -0.379 e. The van der Waals surface area contributed by atoms with Crippen LogP contribution in [0, 0.1) is 0 Å². The Morgan fingerprint density at radius 3 is 2.47 bits per heavy atom. The molecule has 1 saturated carbocycles. The molecule has 0 atom stereocenters. The summed E-state index contributed by atoms with van der Waals surface area (Å²) >= 11 is 0. The van der Waals surface area contributed by atoms with Crippen molar-refractivity contribution in [3.05, 3.63) is 36.4 Å².